The normalized spacial score (nSPS) is 12.6. The van der Waals surface area contributed by atoms with Gasteiger partial charge in [-0.05, 0) is 54.7 Å². The van der Waals surface area contributed by atoms with Gasteiger partial charge in [0.15, 0.2) is 0 Å². The van der Waals surface area contributed by atoms with E-state index in [1.165, 1.54) is 17.6 Å². The lowest BCUT2D eigenvalue weighted by atomic mass is 10.0. The number of aryl methyl sites for hydroxylation is 2. The highest BCUT2D eigenvalue weighted by Gasteiger charge is 2.20. The number of hydrogen-bond donors (Lipinski definition) is 1. The van der Waals surface area contributed by atoms with E-state index in [1.807, 2.05) is 47.5 Å². The third-order valence-electron chi connectivity index (χ3n) is 5.58. The van der Waals surface area contributed by atoms with Crippen molar-refractivity contribution in [2.45, 2.75) is 19.3 Å². The molecule has 0 fully saturated rings. The number of anilines is 2. The fourth-order valence-corrected chi connectivity index (χ4v) is 3.95. The molecule has 0 saturated heterocycles. The van der Waals surface area contributed by atoms with Crippen molar-refractivity contribution in [3.8, 4) is 11.3 Å². The van der Waals surface area contributed by atoms with E-state index in [0.29, 0.717) is 5.95 Å². The third kappa shape index (κ3) is 3.56. The van der Waals surface area contributed by atoms with Gasteiger partial charge >= 0.3 is 6.09 Å². The maximum atomic E-state index is 12.0. The lowest BCUT2D eigenvalue weighted by Gasteiger charge is -2.18. The number of aromatic nitrogens is 4. The second-order valence-electron chi connectivity index (χ2n) is 7.55. The first-order valence-corrected chi connectivity index (χ1v) is 10.1. The molecule has 1 aromatic carbocycles. The Hall–Kier alpha value is -3.94. The molecule has 0 spiro atoms. The molecule has 3 heterocycles. The van der Waals surface area contributed by atoms with Gasteiger partial charge < -0.3 is 4.74 Å². The van der Waals surface area contributed by atoms with Crippen LogP contribution in [0.4, 0.5) is 16.4 Å². The standard InChI is InChI=1S/C23H22N6O2/c1-28(23(30)31-2)18-9-8-15-5-3-6-16-12-25-22(26-21(16)19(15)11-18)27-29-13-17-7-4-10-24-20(17)14-29/h4,7-14H,3,5-6H2,1-2H3,(H,25,26,27). The number of carbonyl (C=O) groups is 1. The van der Waals surface area contributed by atoms with E-state index in [0.717, 1.165) is 52.7 Å². The van der Waals surface area contributed by atoms with E-state index >= 15 is 0 Å². The molecule has 0 radical (unpaired) electrons. The molecule has 1 aliphatic carbocycles. The van der Waals surface area contributed by atoms with E-state index in [-0.39, 0.29) is 0 Å². The van der Waals surface area contributed by atoms with Crippen molar-refractivity contribution in [3.63, 3.8) is 0 Å². The third-order valence-corrected chi connectivity index (χ3v) is 5.58. The van der Waals surface area contributed by atoms with Gasteiger partial charge in [0.2, 0.25) is 5.95 Å². The van der Waals surface area contributed by atoms with Crippen LogP contribution in [0.25, 0.3) is 22.2 Å². The first kappa shape index (κ1) is 19.0. The van der Waals surface area contributed by atoms with Crippen LogP contribution in [0.15, 0.2) is 55.1 Å². The summed E-state index contributed by atoms with van der Waals surface area (Å²) in [5.74, 6) is 0.499. The van der Waals surface area contributed by atoms with Crippen molar-refractivity contribution < 1.29 is 9.53 Å². The largest absolute Gasteiger partial charge is 0.452 e. The Balaban J connectivity index is 1.54. The maximum Gasteiger partial charge on any atom is 0.413 e. The number of amides is 1. The molecule has 1 N–H and O–H groups in total. The monoisotopic (exact) mass is 414 g/mol. The molecule has 8 nitrogen and oxygen atoms in total. The zero-order valence-corrected chi connectivity index (χ0v) is 17.4. The molecule has 1 aliphatic rings. The van der Waals surface area contributed by atoms with Crippen LogP contribution in [-0.2, 0) is 17.6 Å². The van der Waals surface area contributed by atoms with Gasteiger partial charge in [0.25, 0.3) is 0 Å². The molecular formula is C23H22N6O2. The molecule has 4 aromatic rings. The van der Waals surface area contributed by atoms with Gasteiger partial charge in [-0.2, -0.15) is 0 Å². The van der Waals surface area contributed by atoms with Gasteiger partial charge in [-0.3, -0.25) is 20.0 Å². The summed E-state index contributed by atoms with van der Waals surface area (Å²) >= 11 is 0. The number of pyridine rings is 1. The Morgan fingerprint density at radius 1 is 1.16 bits per heavy atom. The summed E-state index contributed by atoms with van der Waals surface area (Å²) in [7, 11) is 3.08. The van der Waals surface area contributed by atoms with Crippen molar-refractivity contribution in [2.24, 2.45) is 0 Å². The number of benzene rings is 1. The summed E-state index contributed by atoms with van der Waals surface area (Å²) in [6.07, 6.45) is 9.98. The average Bonchev–Trinajstić information content (AvgIpc) is 3.12. The van der Waals surface area contributed by atoms with E-state index in [4.69, 9.17) is 9.72 Å². The number of hydrogen-bond acceptors (Lipinski definition) is 6. The summed E-state index contributed by atoms with van der Waals surface area (Å²) in [4.78, 5) is 27.2. The summed E-state index contributed by atoms with van der Waals surface area (Å²) in [6.45, 7) is 0. The lowest BCUT2D eigenvalue weighted by Crippen LogP contribution is -2.25. The SMILES string of the molecule is COC(=O)N(C)c1ccc2c(c1)-c1nc(Nn3cc4cccnc4c3)ncc1CCC2. The number of nitrogens with zero attached hydrogens (tertiary/aromatic N) is 5. The van der Waals surface area contributed by atoms with Crippen LogP contribution in [0.2, 0.25) is 0 Å². The van der Waals surface area contributed by atoms with Crippen molar-refractivity contribution in [2.75, 3.05) is 24.5 Å². The molecule has 1 amide bonds. The van der Waals surface area contributed by atoms with Crippen LogP contribution in [0.1, 0.15) is 17.5 Å². The Morgan fingerprint density at radius 3 is 2.87 bits per heavy atom. The molecule has 156 valence electrons. The second kappa shape index (κ2) is 7.71. The zero-order chi connectivity index (χ0) is 21.4. The van der Waals surface area contributed by atoms with Crippen molar-refractivity contribution in [3.05, 3.63) is 66.2 Å². The Labute approximate surface area is 179 Å². The highest BCUT2D eigenvalue weighted by molar-refractivity contribution is 5.88. The number of ether oxygens (including phenoxy) is 1. The highest BCUT2D eigenvalue weighted by atomic mass is 16.5. The first-order valence-electron chi connectivity index (χ1n) is 10.1. The quantitative estimate of drug-likeness (QED) is 0.544. The highest BCUT2D eigenvalue weighted by Crippen LogP contribution is 2.34. The van der Waals surface area contributed by atoms with Crippen LogP contribution >= 0.6 is 0 Å². The average molecular weight is 414 g/mol. The number of carbonyl (C=O) groups excluding carboxylic acids is 1. The molecule has 8 heteroatoms. The summed E-state index contributed by atoms with van der Waals surface area (Å²) in [5.41, 5.74) is 9.10. The van der Waals surface area contributed by atoms with Crippen molar-refractivity contribution >= 4 is 28.6 Å². The predicted octanol–water partition coefficient (Wildman–Crippen LogP) is 4.06. The Morgan fingerprint density at radius 2 is 2.03 bits per heavy atom. The minimum atomic E-state index is -0.410. The number of fused-ring (bicyclic) bond motifs is 4. The molecule has 0 saturated carbocycles. The minimum absolute atomic E-state index is 0.410. The number of methoxy groups -OCH3 is 1. The van der Waals surface area contributed by atoms with Crippen LogP contribution in [0, 0.1) is 0 Å². The van der Waals surface area contributed by atoms with Gasteiger partial charge in [0, 0.05) is 42.3 Å². The van der Waals surface area contributed by atoms with Crippen LogP contribution in [0.5, 0.6) is 0 Å². The van der Waals surface area contributed by atoms with Crippen LogP contribution in [-0.4, -0.2) is 39.9 Å². The van der Waals surface area contributed by atoms with Crippen LogP contribution in [0.3, 0.4) is 0 Å². The molecule has 0 bridgehead atoms. The van der Waals surface area contributed by atoms with Gasteiger partial charge in [-0.15, -0.1) is 0 Å². The molecule has 31 heavy (non-hydrogen) atoms. The number of rotatable bonds is 3. The molecule has 0 atom stereocenters. The smallest absolute Gasteiger partial charge is 0.413 e. The Kier molecular flexibility index (Phi) is 4.74. The summed E-state index contributed by atoms with van der Waals surface area (Å²) in [6, 6.07) is 9.93. The van der Waals surface area contributed by atoms with E-state index in [2.05, 4.69) is 21.5 Å². The minimum Gasteiger partial charge on any atom is -0.452 e. The second-order valence-corrected chi connectivity index (χ2v) is 7.55. The topological polar surface area (TPSA) is 85.2 Å². The predicted molar refractivity (Wildman–Crippen MR) is 119 cm³/mol. The fourth-order valence-electron chi connectivity index (χ4n) is 3.95. The van der Waals surface area contributed by atoms with Gasteiger partial charge in [-0.1, -0.05) is 6.07 Å². The lowest BCUT2D eigenvalue weighted by molar-refractivity contribution is 0.180. The summed E-state index contributed by atoms with van der Waals surface area (Å²) < 4.78 is 6.68. The van der Waals surface area contributed by atoms with Gasteiger partial charge in [-0.25, -0.2) is 14.8 Å². The molecule has 0 aliphatic heterocycles. The van der Waals surface area contributed by atoms with Crippen molar-refractivity contribution in [1.29, 1.82) is 0 Å². The molecule has 3 aromatic heterocycles. The van der Waals surface area contributed by atoms with E-state index in [1.54, 1.807) is 13.2 Å². The first-order chi connectivity index (χ1) is 15.1. The molecule has 0 unspecified atom stereocenters. The number of nitrogens with one attached hydrogen (secondary N) is 1. The molecule has 5 rings (SSSR count). The van der Waals surface area contributed by atoms with Crippen molar-refractivity contribution in [1.82, 2.24) is 19.6 Å². The van der Waals surface area contributed by atoms with E-state index in [9.17, 15) is 4.79 Å². The van der Waals surface area contributed by atoms with Crippen LogP contribution < -0.4 is 10.3 Å². The zero-order valence-electron chi connectivity index (χ0n) is 17.4. The van der Waals surface area contributed by atoms with Gasteiger partial charge in [0.1, 0.15) is 0 Å². The summed E-state index contributed by atoms with van der Waals surface area (Å²) in [5, 5.41) is 1.03. The molecular weight excluding hydrogens is 392 g/mol. The van der Waals surface area contributed by atoms with Gasteiger partial charge in [0.05, 0.1) is 24.5 Å². The fraction of sp³-hybridized carbons (Fsp3) is 0.217. The maximum absolute atomic E-state index is 12.0. The Bertz CT molecular complexity index is 1250. The van der Waals surface area contributed by atoms with E-state index < -0.39 is 6.09 Å².